The molecule has 1 saturated heterocycles. The molecule has 8 nitrogen and oxygen atoms in total. The number of aromatic amines is 1. The lowest BCUT2D eigenvalue weighted by Crippen LogP contribution is -2.39. The van der Waals surface area contributed by atoms with Crippen LogP contribution in [0.3, 0.4) is 0 Å². The Labute approximate surface area is 261 Å². The highest BCUT2D eigenvalue weighted by molar-refractivity contribution is 8.00. The molecule has 3 aromatic rings. The lowest BCUT2D eigenvalue weighted by atomic mass is 10.0. The second-order valence-corrected chi connectivity index (χ2v) is 12.1. The first-order valence-corrected chi connectivity index (χ1v) is 15.3. The molecule has 2 atom stereocenters. The molecule has 1 aromatic heterocycles. The number of hydrogen-bond acceptors (Lipinski definition) is 8. The van der Waals surface area contributed by atoms with E-state index in [4.69, 9.17) is 32.7 Å². The standard InChI is InChI=1S/C30H28Cl2F2N2O5S.H2O/c31-22-14-35-15-23(32)21(22)13-26(20-8-9-25(41-30(33)34)27(12-20)39-17-18-6-7-18)40-29(38)28-36(10-11-42-28)16-24(37)19-4-2-1-3-5-19;/h1-5,8-9,12,14-15,18,26,28,30H,6-7,10-11,13,16-17H2;1H2/t26-,28-;/m0./s1. The minimum Gasteiger partial charge on any atom is -0.870 e. The molecule has 0 unspecified atom stereocenters. The number of aromatic nitrogens is 1. The fourth-order valence-electron chi connectivity index (χ4n) is 4.59. The van der Waals surface area contributed by atoms with Crippen molar-refractivity contribution in [2.45, 2.75) is 37.4 Å². The summed E-state index contributed by atoms with van der Waals surface area (Å²) in [6.45, 7) is -2.07. The van der Waals surface area contributed by atoms with E-state index in [1.54, 1.807) is 53.7 Å². The number of nitrogens with zero attached hydrogens (tertiary/aromatic N) is 1. The summed E-state index contributed by atoms with van der Waals surface area (Å²) in [4.78, 5) is 31.1. The molecule has 2 N–H and O–H groups in total. The molecule has 1 aliphatic heterocycles. The van der Waals surface area contributed by atoms with Gasteiger partial charge in [-0.1, -0.05) is 59.6 Å². The SMILES string of the molecule is O=C(CN1CCS[C@H]1C(=O)O[C@@H](Cc1c(Cl)c[nH+]cc1Cl)c1ccc(OC(F)F)c(OCC2CC2)c1)c1ccccc1.[OH-]. The number of benzene rings is 2. The fourth-order valence-corrected chi connectivity index (χ4v) is 6.27. The molecule has 0 bridgehead atoms. The number of alkyl halides is 2. The Bertz CT molecular complexity index is 1400. The van der Waals surface area contributed by atoms with E-state index < -0.39 is 24.1 Å². The molecule has 230 valence electrons. The monoisotopic (exact) mass is 654 g/mol. The summed E-state index contributed by atoms with van der Waals surface area (Å²) in [5.41, 5.74) is 1.60. The van der Waals surface area contributed by atoms with Gasteiger partial charge in [-0.05, 0) is 36.5 Å². The zero-order chi connectivity index (χ0) is 29.6. The third kappa shape index (κ3) is 8.79. The number of nitrogens with one attached hydrogen (secondary N) is 1. The first-order valence-electron chi connectivity index (χ1n) is 13.5. The molecule has 13 heteroatoms. The zero-order valence-corrected chi connectivity index (χ0v) is 25.2. The van der Waals surface area contributed by atoms with E-state index in [0.717, 1.165) is 12.8 Å². The van der Waals surface area contributed by atoms with Crippen molar-refractivity contribution in [2.24, 2.45) is 5.92 Å². The van der Waals surface area contributed by atoms with Crippen LogP contribution in [0, 0.1) is 5.92 Å². The average Bonchev–Trinajstić information content (AvgIpc) is 3.69. The molecule has 0 spiro atoms. The number of hydrogen-bond donors (Lipinski definition) is 0. The number of rotatable bonds is 13. The number of ether oxygens (including phenoxy) is 3. The minimum absolute atomic E-state index is 0. The van der Waals surface area contributed by atoms with E-state index in [9.17, 15) is 18.4 Å². The number of Topliss-reactive ketones (excluding diaryl/α,β-unsaturated/α-hetero) is 1. The van der Waals surface area contributed by atoms with Crippen LogP contribution in [0.5, 0.6) is 11.5 Å². The van der Waals surface area contributed by atoms with Crippen LogP contribution >= 0.6 is 35.0 Å². The third-order valence-corrected chi connectivity index (χ3v) is 8.90. The van der Waals surface area contributed by atoms with Gasteiger partial charge in [0.2, 0.25) is 0 Å². The van der Waals surface area contributed by atoms with Gasteiger partial charge in [0.05, 0.1) is 13.2 Å². The van der Waals surface area contributed by atoms with Crippen LogP contribution in [0.25, 0.3) is 0 Å². The van der Waals surface area contributed by atoms with E-state index in [0.29, 0.717) is 51.6 Å². The van der Waals surface area contributed by atoms with Gasteiger partial charge in [-0.25, -0.2) is 9.78 Å². The Balaban J connectivity index is 0.00000423. The van der Waals surface area contributed by atoms with Gasteiger partial charge in [0, 0.05) is 29.8 Å². The van der Waals surface area contributed by atoms with Crippen molar-refractivity contribution >= 4 is 46.7 Å². The van der Waals surface area contributed by atoms with Crippen molar-refractivity contribution in [3.63, 3.8) is 0 Å². The molecule has 0 radical (unpaired) electrons. The van der Waals surface area contributed by atoms with Gasteiger partial charge >= 0.3 is 12.6 Å². The Kier molecular flexibility index (Phi) is 11.6. The summed E-state index contributed by atoms with van der Waals surface area (Å²) in [5.74, 6) is 0.401. The van der Waals surface area contributed by atoms with Crippen LogP contribution in [0.1, 0.15) is 40.4 Å². The molecule has 2 aliphatic rings. The van der Waals surface area contributed by atoms with Gasteiger partial charge in [-0.15, -0.1) is 11.8 Å². The van der Waals surface area contributed by atoms with Crippen molar-refractivity contribution in [1.29, 1.82) is 0 Å². The maximum atomic E-state index is 13.6. The molecule has 2 aromatic carbocycles. The Morgan fingerprint density at radius 1 is 1.05 bits per heavy atom. The van der Waals surface area contributed by atoms with Crippen molar-refractivity contribution in [1.82, 2.24) is 4.90 Å². The quantitative estimate of drug-likeness (QED) is 0.161. The van der Waals surface area contributed by atoms with Crippen molar-refractivity contribution in [3.05, 3.63) is 87.7 Å². The molecule has 43 heavy (non-hydrogen) atoms. The number of pyridine rings is 1. The van der Waals surface area contributed by atoms with E-state index >= 15 is 0 Å². The number of carbonyl (C=O) groups excluding carboxylic acids is 2. The van der Waals surface area contributed by atoms with Crippen molar-refractivity contribution in [3.8, 4) is 11.5 Å². The van der Waals surface area contributed by atoms with Gasteiger partial charge in [-0.3, -0.25) is 9.69 Å². The van der Waals surface area contributed by atoms with Gasteiger partial charge in [-0.2, -0.15) is 8.78 Å². The van der Waals surface area contributed by atoms with Crippen LogP contribution in [-0.4, -0.2) is 59.6 Å². The predicted molar refractivity (Wildman–Crippen MR) is 157 cm³/mol. The lowest BCUT2D eigenvalue weighted by Gasteiger charge is -2.25. The van der Waals surface area contributed by atoms with Crippen LogP contribution in [0.15, 0.2) is 60.9 Å². The first-order chi connectivity index (χ1) is 20.3. The molecule has 2 fully saturated rings. The molecule has 1 saturated carbocycles. The second kappa shape index (κ2) is 15.2. The average molecular weight is 656 g/mol. The van der Waals surface area contributed by atoms with Crippen molar-refractivity contribution in [2.75, 3.05) is 25.4 Å². The number of H-pyrrole nitrogens is 1. The highest BCUT2D eigenvalue weighted by Gasteiger charge is 2.36. The second-order valence-electron chi connectivity index (χ2n) is 10.1. The van der Waals surface area contributed by atoms with Gasteiger partial charge in [0.15, 0.2) is 35.0 Å². The highest BCUT2D eigenvalue weighted by Crippen LogP contribution is 2.38. The third-order valence-electron chi connectivity index (χ3n) is 7.00. The van der Waals surface area contributed by atoms with E-state index in [1.807, 2.05) is 6.07 Å². The van der Waals surface area contributed by atoms with Gasteiger partial charge in [0.1, 0.15) is 16.1 Å². The number of esters is 1. The summed E-state index contributed by atoms with van der Waals surface area (Å²) in [5, 5.41) is -0.0179. The number of thioether (sulfide) groups is 1. The summed E-state index contributed by atoms with van der Waals surface area (Å²) in [6.07, 6.45) is 4.36. The molecular weight excluding hydrogens is 625 g/mol. The smallest absolute Gasteiger partial charge is 0.387 e. The summed E-state index contributed by atoms with van der Waals surface area (Å²) in [6, 6.07) is 13.4. The Morgan fingerprint density at radius 3 is 2.44 bits per heavy atom. The molecule has 1 aliphatic carbocycles. The summed E-state index contributed by atoms with van der Waals surface area (Å²) >= 11 is 14.3. The van der Waals surface area contributed by atoms with E-state index in [2.05, 4.69) is 9.72 Å². The lowest BCUT2D eigenvalue weighted by molar-refractivity contribution is -0.377. The van der Waals surface area contributed by atoms with E-state index in [1.165, 1.54) is 17.8 Å². The van der Waals surface area contributed by atoms with Crippen LogP contribution in [0.4, 0.5) is 8.78 Å². The first kappa shape index (κ1) is 32.9. The normalized spacial score (nSPS) is 17.3. The number of halogens is 4. The van der Waals surface area contributed by atoms with E-state index in [-0.39, 0.29) is 35.7 Å². The Morgan fingerprint density at radius 2 is 1.77 bits per heavy atom. The largest absolute Gasteiger partial charge is 0.870 e. The van der Waals surface area contributed by atoms with Crippen LogP contribution in [-0.2, 0) is 16.0 Å². The van der Waals surface area contributed by atoms with Crippen LogP contribution in [0.2, 0.25) is 10.0 Å². The topological polar surface area (TPSA) is 109 Å². The van der Waals surface area contributed by atoms with Crippen molar-refractivity contribution < 1.29 is 43.0 Å². The molecule has 0 amide bonds. The highest BCUT2D eigenvalue weighted by atomic mass is 35.5. The zero-order valence-electron chi connectivity index (χ0n) is 22.9. The Hall–Kier alpha value is -2.96. The maximum Gasteiger partial charge on any atom is 0.387 e. The maximum absolute atomic E-state index is 13.6. The summed E-state index contributed by atoms with van der Waals surface area (Å²) in [7, 11) is 0. The number of carbonyl (C=O) groups is 2. The van der Waals surface area contributed by atoms with Crippen LogP contribution < -0.4 is 14.5 Å². The number of ketones is 1. The minimum atomic E-state index is -3.03. The molecule has 2 heterocycles. The summed E-state index contributed by atoms with van der Waals surface area (Å²) < 4.78 is 42.9. The fraction of sp³-hybridized carbons (Fsp3) is 0.367. The molecule has 5 rings (SSSR count). The predicted octanol–water partition coefficient (Wildman–Crippen LogP) is 6.11. The molecular formula is C30H30Cl2F2N2O6S. The van der Waals surface area contributed by atoms with Gasteiger partial charge in [0.25, 0.3) is 0 Å². The van der Waals surface area contributed by atoms with Gasteiger partial charge < -0.3 is 19.7 Å².